The van der Waals surface area contributed by atoms with Gasteiger partial charge < -0.3 is 15.0 Å². The van der Waals surface area contributed by atoms with Gasteiger partial charge in [-0.05, 0) is 13.8 Å². The molecule has 2 aromatic heterocycles. The topological polar surface area (TPSA) is 105 Å². The highest BCUT2D eigenvalue weighted by molar-refractivity contribution is 5.74. The maximum Gasteiger partial charge on any atom is 0.329 e. The van der Waals surface area contributed by atoms with E-state index in [9.17, 15) is 14.7 Å². The number of anilines is 1. The van der Waals surface area contributed by atoms with Gasteiger partial charge in [0.25, 0.3) is 5.56 Å². The van der Waals surface area contributed by atoms with E-state index in [1.165, 1.54) is 11.6 Å². The zero-order valence-electron chi connectivity index (χ0n) is 11.1. The van der Waals surface area contributed by atoms with Crippen LogP contribution in [0.25, 0.3) is 11.2 Å². The van der Waals surface area contributed by atoms with Crippen molar-refractivity contribution in [1.82, 2.24) is 19.1 Å². The van der Waals surface area contributed by atoms with Crippen LogP contribution in [-0.4, -0.2) is 36.9 Å². The smallest absolute Gasteiger partial charge is 0.329 e. The highest BCUT2D eigenvalue weighted by atomic mass is 16.3. The number of hydrogen-bond acceptors (Lipinski definition) is 5. The van der Waals surface area contributed by atoms with E-state index in [2.05, 4.69) is 15.3 Å². The molecule has 8 heteroatoms. The molecule has 0 bridgehead atoms. The molecule has 8 nitrogen and oxygen atoms in total. The molecular formula is C11H17N5O3. The zero-order chi connectivity index (χ0) is 14.2. The van der Waals surface area contributed by atoms with Crippen molar-refractivity contribution in [3.8, 4) is 0 Å². The molecule has 2 rings (SSSR count). The van der Waals surface area contributed by atoms with Gasteiger partial charge in [0.1, 0.15) is 0 Å². The number of nitrogens with zero attached hydrogens (tertiary/aromatic N) is 3. The number of rotatable bonds is 4. The fourth-order valence-electron chi connectivity index (χ4n) is 1.97. The van der Waals surface area contributed by atoms with Crippen LogP contribution in [0.2, 0.25) is 0 Å². The molecule has 0 aliphatic carbocycles. The van der Waals surface area contributed by atoms with Crippen LogP contribution in [0.15, 0.2) is 9.59 Å². The first kappa shape index (κ1) is 13.3. The predicted molar refractivity (Wildman–Crippen MR) is 71.4 cm³/mol. The minimum atomic E-state index is -0.633. The first-order valence-corrected chi connectivity index (χ1v) is 6.07. The minimum absolute atomic E-state index is 0.222. The number of aryl methyl sites for hydroxylation is 1. The number of aliphatic hydroxyl groups excluding tert-OH is 1. The summed E-state index contributed by atoms with van der Waals surface area (Å²) < 4.78 is 2.86. The van der Waals surface area contributed by atoms with Crippen LogP contribution in [-0.2, 0) is 13.6 Å². The second-order valence-electron chi connectivity index (χ2n) is 4.42. The van der Waals surface area contributed by atoms with Crippen molar-refractivity contribution in [3.05, 3.63) is 20.8 Å². The molecule has 0 amide bonds. The Morgan fingerprint density at radius 2 is 2.16 bits per heavy atom. The SMILES string of the molecule is CCNc1nc2c(c(=O)[nH]c(=O)n2C)n1CC(C)O. The molecule has 0 saturated carbocycles. The van der Waals surface area contributed by atoms with E-state index in [-0.39, 0.29) is 12.1 Å². The van der Waals surface area contributed by atoms with E-state index in [0.717, 1.165) is 0 Å². The molecule has 0 aliphatic heterocycles. The molecule has 2 heterocycles. The molecule has 0 spiro atoms. The molecule has 19 heavy (non-hydrogen) atoms. The molecule has 1 atom stereocenters. The van der Waals surface area contributed by atoms with E-state index < -0.39 is 17.4 Å². The van der Waals surface area contributed by atoms with Crippen LogP contribution in [0, 0.1) is 0 Å². The lowest BCUT2D eigenvalue weighted by molar-refractivity contribution is 0.175. The van der Waals surface area contributed by atoms with E-state index in [1.54, 1.807) is 11.5 Å². The van der Waals surface area contributed by atoms with E-state index in [4.69, 9.17) is 0 Å². The van der Waals surface area contributed by atoms with Gasteiger partial charge in [-0.15, -0.1) is 0 Å². The van der Waals surface area contributed by atoms with Crippen molar-refractivity contribution < 1.29 is 5.11 Å². The quantitative estimate of drug-likeness (QED) is 0.675. The lowest BCUT2D eigenvalue weighted by atomic mass is 10.4. The Labute approximate surface area is 108 Å². The highest BCUT2D eigenvalue weighted by Gasteiger charge is 2.17. The van der Waals surface area contributed by atoms with Crippen molar-refractivity contribution in [2.24, 2.45) is 7.05 Å². The number of imidazole rings is 1. The van der Waals surface area contributed by atoms with Crippen molar-refractivity contribution in [3.63, 3.8) is 0 Å². The Hall–Kier alpha value is -2.09. The van der Waals surface area contributed by atoms with Crippen LogP contribution < -0.4 is 16.6 Å². The summed E-state index contributed by atoms with van der Waals surface area (Å²) in [7, 11) is 1.54. The lowest BCUT2D eigenvalue weighted by Gasteiger charge is -2.10. The van der Waals surface area contributed by atoms with E-state index in [0.29, 0.717) is 18.1 Å². The summed E-state index contributed by atoms with van der Waals surface area (Å²) >= 11 is 0. The second-order valence-corrected chi connectivity index (χ2v) is 4.42. The van der Waals surface area contributed by atoms with Crippen LogP contribution in [0.1, 0.15) is 13.8 Å². The summed E-state index contributed by atoms with van der Waals surface area (Å²) in [5.41, 5.74) is -0.443. The molecule has 0 aliphatic rings. The van der Waals surface area contributed by atoms with Gasteiger partial charge in [-0.2, -0.15) is 4.98 Å². The second kappa shape index (κ2) is 4.88. The van der Waals surface area contributed by atoms with Gasteiger partial charge in [0.15, 0.2) is 11.2 Å². The Balaban J connectivity index is 2.81. The summed E-state index contributed by atoms with van der Waals surface area (Å²) in [6.45, 7) is 4.36. The molecule has 0 fully saturated rings. The first-order chi connectivity index (χ1) is 8.95. The third-order valence-electron chi connectivity index (χ3n) is 2.79. The fourth-order valence-corrected chi connectivity index (χ4v) is 1.97. The third-order valence-corrected chi connectivity index (χ3v) is 2.79. The highest BCUT2D eigenvalue weighted by Crippen LogP contribution is 2.15. The molecule has 2 aromatic rings. The first-order valence-electron chi connectivity index (χ1n) is 6.07. The summed E-state index contributed by atoms with van der Waals surface area (Å²) in [6.07, 6.45) is -0.633. The van der Waals surface area contributed by atoms with Crippen molar-refractivity contribution in [2.75, 3.05) is 11.9 Å². The largest absolute Gasteiger partial charge is 0.392 e. The van der Waals surface area contributed by atoms with Crippen LogP contribution in [0.5, 0.6) is 0 Å². The monoisotopic (exact) mass is 267 g/mol. The third kappa shape index (κ3) is 2.26. The van der Waals surface area contributed by atoms with Crippen molar-refractivity contribution in [2.45, 2.75) is 26.5 Å². The summed E-state index contributed by atoms with van der Waals surface area (Å²) in [6, 6.07) is 0. The number of hydrogen-bond donors (Lipinski definition) is 3. The predicted octanol–water partition coefficient (Wildman–Crippen LogP) is -0.764. The van der Waals surface area contributed by atoms with Gasteiger partial charge in [-0.1, -0.05) is 0 Å². The Morgan fingerprint density at radius 1 is 1.47 bits per heavy atom. The average Bonchev–Trinajstić information content (AvgIpc) is 2.66. The summed E-state index contributed by atoms with van der Waals surface area (Å²) in [5.74, 6) is 0.463. The van der Waals surface area contributed by atoms with Crippen molar-refractivity contribution >= 4 is 17.1 Å². The summed E-state index contributed by atoms with van der Waals surface area (Å²) in [4.78, 5) is 30.0. The standard InChI is InChI=1S/C11H17N5O3/c1-4-12-10-13-8-7(16(10)5-6(2)17)9(18)14-11(19)15(8)3/h6,17H,4-5H2,1-3H3,(H,12,13)(H,14,18,19). The zero-order valence-corrected chi connectivity index (χ0v) is 11.1. The van der Waals surface area contributed by atoms with Gasteiger partial charge in [0.2, 0.25) is 5.95 Å². The van der Waals surface area contributed by atoms with Gasteiger partial charge in [-0.25, -0.2) is 4.79 Å². The molecule has 104 valence electrons. The maximum absolute atomic E-state index is 11.9. The maximum atomic E-state index is 11.9. The molecule has 1 unspecified atom stereocenters. The van der Waals surface area contributed by atoms with Gasteiger partial charge in [-0.3, -0.25) is 14.3 Å². The van der Waals surface area contributed by atoms with Gasteiger partial charge in [0.05, 0.1) is 12.6 Å². The Bertz CT molecular complexity index is 709. The van der Waals surface area contributed by atoms with Crippen LogP contribution >= 0.6 is 0 Å². The van der Waals surface area contributed by atoms with Crippen LogP contribution in [0.3, 0.4) is 0 Å². The number of aliphatic hydroxyl groups is 1. The van der Waals surface area contributed by atoms with Gasteiger partial charge in [0, 0.05) is 13.6 Å². The normalized spacial score (nSPS) is 12.8. The lowest BCUT2D eigenvalue weighted by Crippen LogP contribution is -2.29. The van der Waals surface area contributed by atoms with E-state index in [1.807, 2.05) is 6.92 Å². The number of H-pyrrole nitrogens is 1. The number of aromatic nitrogens is 4. The fraction of sp³-hybridized carbons (Fsp3) is 0.545. The number of fused-ring (bicyclic) bond motifs is 1. The minimum Gasteiger partial charge on any atom is -0.392 e. The Kier molecular flexibility index (Phi) is 3.43. The van der Waals surface area contributed by atoms with Gasteiger partial charge >= 0.3 is 5.69 Å². The van der Waals surface area contributed by atoms with Crippen molar-refractivity contribution in [1.29, 1.82) is 0 Å². The molecule has 0 aromatic carbocycles. The molecule has 0 radical (unpaired) electrons. The molecule has 3 N–H and O–H groups in total. The number of nitrogens with one attached hydrogen (secondary N) is 2. The van der Waals surface area contributed by atoms with E-state index >= 15 is 0 Å². The summed E-state index contributed by atoms with van der Waals surface area (Å²) in [5, 5.41) is 12.6. The Morgan fingerprint density at radius 3 is 2.74 bits per heavy atom. The van der Waals surface area contributed by atoms with Crippen LogP contribution in [0.4, 0.5) is 5.95 Å². The average molecular weight is 267 g/mol. The molecule has 0 saturated heterocycles. The molecular weight excluding hydrogens is 250 g/mol. The number of aromatic amines is 1.